The van der Waals surface area contributed by atoms with Crippen LogP contribution in [0.1, 0.15) is 32.3 Å². The lowest BCUT2D eigenvalue weighted by atomic mass is 10.1. The summed E-state index contributed by atoms with van der Waals surface area (Å²) in [6.45, 7) is 8.22. The average Bonchev–Trinajstić information content (AvgIpc) is 2.65. The summed E-state index contributed by atoms with van der Waals surface area (Å²) in [6.07, 6.45) is 3.42. The number of benzene rings is 1. The van der Waals surface area contributed by atoms with Crippen LogP contribution < -0.4 is 4.74 Å². The maximum absolute atomic E-state index is 12.1. The summed E-state index contributed by atoms with van der Waals surface area (Å²) in [4.78, 5) is 26.7. The smallest absolute Gasteiger partial charge is 0.348 e. The van der Waals surface area contributed by atoms with Crippen LogP contribution in [0.2, 0.25) is 0 Å². The molecule has 1 aromatic carbocycles. The van der Waals surface area contributed by atoms with E-state index in [4.69, 9.17) is 18.9 Å². The van der Waals surface area contributed by atoms with Crippen molar-refractivity contribution in [1.82, 2.24) is 4.90 Å². The zero-order valence-electron chi connectivity index (χ0n) is 16.4. The monoisotopic (exact) mass is 389 g/mol. The van der Waals surface area contributed by atoms with Crippen LogP contribution in [0.15, 0.2) is 29.8 Å². The summed E-state index contributed by atoms with van der Waals surface area (Å²) in [6, 6.07) is 7.28. The molecule has 7 nitrogen and oxygen atoms in total. The van der Waals surface area contributed by atoms with Crippen molar-refractivity contribution in [1.29, 1.82) is 0 Å². The summed E-state index contributed by atoms with van der Waals surface area (Å²) in [7, 11) is 0. The topological polar surface area (TPSA) is 74.3 Å². The number of para-hydroxylation sites is 1. The minimum atomic E-state index is -1.25. The van der Waals surface area contributed by atoms with Crippen molar-refractivity contribution in [2.75, 3.05) is 39.5 Å². The van der Waals surface area contributed by atoms with E-state index < -0.39 is 17.7 Å². The maximum atomic E-state index is 12.1. The van der Waals surface area contributed by atoms with E-state index in [2.05, 4.69) is 4.90 Å². The Hall–Kier alpha value is -2.38. The highest BCUT2D eigenvalue weighted by molar-refractivity contribution is 6.19. The lowest BCUT2D eigenvalue weighted by molar-refractivity contribution is -0.222. The van der Waals surface area contributed by atoms with Crippen LogP contribution in [0, 0.1) is 0 Å². The number of ether oxygens (including phenoxy) is 4. The van der Waals surface area contributed by atoms with E-state index in [9.17, 15) is 9.59 Å². The van der Waals surface area contributed by atoms with Gasteiger partial charge in [-0.05, 0) is 31.5 Å². The van der Waals surface area contributed by atoms with Crippen molar-refractivity contribution in [3.8, 4) is 5.75 Å². The van der Waals surface area contributed by atoms with E-state index in [1.807, 2.05) is 18.2 Å². The molecule has 2 aliphatic heterocycles. The van der Waals surface area contributed by atoms with Crippen LogP contribution in [0.5, 0.6) is 5.75 Å². The molecule has 2 fully saturated rings. The lowest BCUT2D eigenvalue weighted by Gasteiger charge is -2.29. The Morgan fingerprint density at radius 3 is 2.46 bits per heavy atom. The van der Waals surface area contributed by atoms with Gasteiger partial charge in [-0.25, -0.2) is 9.59 Å². The summed E-state index contributed by atoms with van der Waals surface area (Å²) in [5.41, 5.74) is 0.502. The fourth-order valence-corrected chi connectivity index (χ4v) is 3.11. The molecule has 3 rings (SSSR count). The quantitative estimate of drug-likeness (QED) is 0.307. The van der Waals surface area contributed by atoms with Gasteiger partial charge in [0.15, 0.2) is 0 Å². The maximum Gasteiger partial charge on any atom is 0.348 e. The van der Waals surface area contributed by atoms with Crippen LogP contribution in [0.25, 0.3) is 6.08 Å². The zero-order valence-corrected chi connectivity index (χ0v) is 16.4. The number of hydrogen-bond donors (Lipinski definition) is 0. The fourth-order valence-electron chi connectivity index (χ4n) is 3.11. The van der Waals surface area contributed by atoms with Crippen LogP contribution >= 0.6 is 0 Å². The second-order valence-corrected chi connectivity index (χ2v) is 7.28. The highest BCUT2D eigenvalue weighted by Gasteiger charge is 2.38. The lowest BCUT2D eigenvalue weighted by Crippen LogP contribution is -2.41. The second-order valence-electron chi connectivity index (χ2n) is 7.28. The molecule has 0 spiro atoms. The first-order chi connectivity index (χ1) is 13.4. The molecule has 152 valence electrons. The predicted molar refractivity (Wildman–Crippen MR) is 103 cm³/mol. The largest absolute Gasteiger partial charge is 0.493 e. The molecular weight excluding hydrogens is 362 g/mol. The molecule has 0 saturated carbocycles. The molecule has 0 aliphatic carbocycles. The highest BCUT2D eigenvalue weighted by atomic mass is 16.7. The molecule has 2 saturated heterocycles. The predicted octanol–water partition coefficient (Wildman–Crippen LogP) is 2.40. The van der Waals surface area contributed by atoms with Gasteiger partial charge in [0.1, 0.15) is 11.3 Å². The number of rotatable bonds is 7. The van der Waals surface area contributed by atoms with Gasteiger partial charge in [-0.15, -0.1) is 0 Å². The summed E-state index contributed by atoms with van der Waals surface area (Å²) in [5, 5.41) is 0. The Kier molecular flexibility index (Phi) is 6.70. The molecule has 0 amide bonds. The molecule has 2 aliphatic rings. The molecule has 0 N–H and O–H groups in total. The van der Waals surface area contributed by atoms with E-state index >= 15 is 0 Å². The van der Waals surface area contributed by atoms with Crippen molar-refractivity contribution >= 4 is 18.0 Å². The molecule has 0 radical (unpaired) electrons. The van der Waals surface area contributed by atoms with E-state index in [0.717, 1.165) is 45.7 Å². The number of hydrogen-bond acceptors (Lipinski definition) is 7. The van der Waals surface area contributed by atoms with Gasteiger partial charge in [0.2, 0.25) is 0 Å². The standard InChI is InChI=1S/C21H27NO6/c1-21(2)27-19(23)17(20(24)28-21)15-16-7-3-4-8-18(16)26-12-6-5-9-22-10-13-25-14-11-22/h3-4,7-8,15H,5-6,9-14H2,1-2H3. The Morgan fingerprint density at radius 2 is 1.75 bits per heavy atom. The van der Waals surface area contributed by atoms with Crippen molar-refractivity contribution in [2.24, 2.45) is 0 Å². The normalized spacial score (nSPS) is 19.7. The van der Waals surface area contributed by atoms with Gasteiger partial charge >= 0.3 is 11.9 Å². The first-order valence-electron chi connectivity index (χ1n) is 9.65. The molecule has 0 unspecified atom stereocenters. The third-order valence-electron chi connectivity index (χ3n) is 4.57. The summed E-state index contributed by atoms with van der Waals surface area (Å²) in [5.74, 6) is -2.02. The Morgan fingerprint density at radius 1 is 1.07 bits per heavy atom. The first kappa shape index (κ1) is 20.4. The SMILES string of the molecule is CC1(C)OC(=O)C(=Cc2ccccc2OCCCCN2CCOCC2)C(=O)O1. The highest BCUT2D eigenvalue weighted by Crippen LogP contribution is 2.27. The van der Waals surface area contributed by atoms with Gasteiger partial charge in [-0.1, -0.05) is 18.2 Å². The minimum absolute atomic E-state index is 0.136. The average molecular weight is 389 g/mol. The van der Waals surface area contributed by atoms with Gasteiger partial charge < -0.3 is 18.9 Å². The molecule has 7 heteroatoms. The van der Waals surface area contributed by atoms with Crippen molar-refractivity contribution in [2.45, 2.75) is 32.5 Å². The molecule has 28 heavy (non-hydrogen) atoms. The van der Waals surface area contributed by atoms with Crippen molar-refractivity contribution in [3.05, 3.63) is 35.4 Å². The Balaban J connectivity index is 1.55. The Bertz CT molecular complexity index is 714. The van der Waals surface area contributed by atoms with Crippen molar-refractivity contribution in [3.63, 3.8) is 0 Å². The second kappa shape index (κ2) is 9.21. The number of carbonyl (C=O) groups is 2. The zero-order chi connectivity index (χ0) is 20.0. The Labute approximate surface area is 165 Å². The molecule has 2 heterocycles. The molecule has 0 bridgehead atoms. The van der Waals surface area contributed by atoms with Crippen LogP contribution in [-0.2, 0) is 23.8 Å². The summed E-state index contributed by atoms with van der Waals surface area (Å²) < 4.78 is 21.5. The van der Waals surface area contributed by atoms with Crippen molar-refractivity contribution < 1.29 is 28.5 Å². The van der Waals surface area contributed by atoms with Gasteiger partial charge in [-0.3, -0.25) is 4.90 Å². The third kappa shape index (κ3) is 5.56. The van der Waals surface area contributed by atoms with E-state index in [-0.39, 0.29) is 5.57 Å². The van der Waals surface area contributed by atoms with Gasteiger partial charge in [0.05, 0.1) is 19.8 Å². The molecule has 1 aromatic rings. The van der Waals surface area contributed by atoms with Gasteiger partial charge in [-0.2, -0.15) is 0 Å². The van der Waals surface area contributed by atoms with E-state index in [1.54, 1.807) is 6.07 Å². The van der Waals surface area contributed by atoms with Gasteiger partial charge in [0.25, 0.3) is 5.79 Å². The van der Waals surface area contributed by atoms with Crippen LogP contribution in [0.4, 0.5) is 0 Å². The van der Waals surface area contributed by atoms with Gasteiger partial charge in [0, 0.05) is 32.5 Å². The number of unbranched alkanes of at least 4 members (excludes halogenated alkanes) is 1. The number of nitrogens with zero attached hydrogens (tertiary/aromatic N) is 1. The third-order valence-corrected chi connectivity index (χ3v) is 4.57. The molecule has 0 atom stereocenters. The number of esters is 2. The number of morpholine rings is 1. The number of cyclic esters (lactones) is 2. The number of carbonyl (C=O) groups excluding carboxylic acids is 2. The fraction of sp³-hybridized carbons (Fsp3) is 0.524. The minimum Gasteiger partial charge on any atom is -0.493 e. The van der Waals surface area contributed by atoms with E-state index in [1.165, 1.54) is 19.9 Å². The van der Waals surface area contributed by atoms with E-state index in [0.29, 0.717) is 17.9 Å². The molecule has 0 aromatic heterocycles. The van der Waals surface area contributed by atoms with Crippen LogP contribution in [0.3, 0.4) is 0 Å². The van der Waals surface area contributed by atoms with Crippen LogP contribution in [-0.4, -0.2) is 62.1 Å². The summed E-state index contributed by atoms with van der Waals surface area (Å²) >= 11 is 0. The first-order valence-corrected chi connectivity index (χ1v) is 9.65. The molecular formula is C21H27NO6.